The average molecular weight is 459 g/mol. The number of benzene rings is 1. The van der Waals surface area contributed by atoms with E-state index in [1.54, 1.807) is 12.0 Å². The molecule has 33 heavy (non-hydrogen) atoms. The van der Waals surface area contributed by atoms with Crippen LogP contribution >= 0.6 is 0 Å². The van der Waals surface area contributed by atoms with Crippen LogP contribution in [0.15, 0.2) is 24.3 Å². The molecule has 4 rings (SSSR count). The van der Waals surface area contributed by atoms with E-state index in [0.717, 1.165) is 37.2 Å². The Kier molecular flexibility index (Phi) is 7.49. The molecule has 1 aromatic rings. The maximum Gasteiger partial charge on any atom is 0.249 e. The summed E-state index contributed by atoms with van der Waals surface area (Å²) in [6.07, 6.45) is 2.24. The molecule has 2 aliphatic heterocycles. The van der Waals surface area contributed by atoms with E-state index in [-0.39, 0.29) is 36.3 Å². The first-order chi connectivity index (χ1) is 16.0. The summed E-state index contributed by atoms with van der Waals surface area (Å²) in [5.74, 6) is 0.637. The highest BCUT2D eigenvalue weighted by Gasteiger charge is 2.46. The van der Waals surface area contributed by atoms with Gasteiger partial charge in [-0.15, -0.1) is 0 Å². The molecule has 2 heterocycles. The number of rotatable bonds is 8. The van der Waals surface area contributed by atoms with E-state index in [9.17, 15) is 14.4 Å². The molecule has 1 saturated carbocycles. The summed E-state index contributed by atoms with van der Waals surface area (Å²) in [6.45, 7) is 3.43. The van der Waals surface area contributed by atoms with Crippen LogP contribution in [-0.2, 0) is 25.7 Å². The van der Waals surface area contributed by atoms with E-state index in [1.807, 2.05) is 34.1 Å². The van der Waals surface area contributed by atoms with Crippen molar-refractivity contribution in [2.24, 2.45) is 5.92 Å². The second kappa shape index (κ2) is 10.5. The minimum Gasteiger partial charge on any atom is -0.497 e. The van der Waals surface area contributed by atoms with E-state index in [2.05, 4.69) is 5.32 Å². The number of piperazine rings is 1. The molecule has 1 aromatic carbocycles. The summed E-state index contributed by atoms with van der Waals surface area (Å²) in [5.41, 5.74) is 0.968. The van der Waals surface area contributed by atoms with Crippen molar-refractivity contribution < 1.29 is 23.9 Å². The van der Waals surface area contributed by atoms with Gasteiger partial charge in [-0.1, -0.05) is 12.1 Å². The summed E-state index contributed by atoms with van der Waals surface area (Å²) in [5, 5.41) is 3.25. The van der Waals surface area contributed by atoms with Gasteiger partial charge in [0.05, 0.1) is 13.2 Å². The Hall–Kier alpha value is -2.65. The molecule has 0 aromatic heterocycles. The molecule has 180 valence electrons. The molecule has 0 radical (unpaired) electrons. The number of carbonyl (C=O) groups excluding carboxylic acids is 3. The summed E-state index contributed by atoms with van der Waals surface area (Å²) in [7, 11) is 3.10. The minimum atomic E-state index is -0.574. The largest absolute Gasteiger partial charge is 0.497 e. The topological polar surface area (TPSA) is 91.4 Å². The Morgan fingerprint density at radius 1 is 1.15 bits per heavy atom. The first-order valence-electron chi connectivity index (χ1n) is 11.7. The quantitative estimate of drug-likeness (QED) is 0.610. The monoisotopic (exact) mass is 458 g/mol. The van der Waals surface area contributed by atoms with Crippen molar-refractivity contribution in [3.63, 3.8) is 0 Å². The van der Waals surface area contributed by atoms with Gasteiger partial charge in [-0.2, -0.15) is 0 Å². The lowest BCUT2D eigenvalue weighted by atomic mass is 10.1. The predicted octanol–water partition coefficient (Wildman–Crippen LogP) is 0.482. The third-order valence-electron chi connectivity index (χ3n) is 6.72. The van der Waals surface area contributed by atoms with Crippen molar-refractivity contribution in [1.82, 2.24) is 20.0 Å². The van der Waals surface area contributed by atoms with Gasteiger partial charge in [-0.25, -0.2) is 0 Å². The van der Waals surface area contributed by atoms with Crippen molar-refractivity contribution in [3.8, 4) is 5.75 Å². The van der Waals surface area contributed by atoms with E-state index >= 15 is 0 Å². The van der Waals surface area contributed by atoms with Crippen LogP contribution in [0.4, 0.5) is 0 Å². The fourth-order valence-corrected chi connectivity index (χ4v) is 4.77. The smallest absolute Gasteiger partial charge is 0.249 e. The van der Waals surface area contributed by atoms with Crippen LogP contribution < -0.4 is 10.1 Å². The number of likely N-dealkylation sites (tertiary alicyclic amines) is 1. The standard InChI is InChI=1S/C24H34N4O5/c1-32-16-22(29)28-15-19(13-21(28)24(31)26-10-8-25-9-11-26)27(23(30)18-6-7-18)14-17-4-3-5-20(12-17)33-2/h3-5,12,18-19,21,25H,6-11,13-16H2,1-2H3. The Labute approximate surface area is 195 Å². The van der Waals surface area contributed by atoms with Gasteiger partial charge in [0.1, 0.15) is 18.4 Å². The number of hydrogen-bond donors (Lipinski definition) is 1. The summed E-state index contributed by atoms with van der Waals surface area (Å²) >= 11 is 0. The highest BCUT2D eigenvalue weighted by Crippen LogP contribution is 2.35. The van der Waals surface area contributed by atoms with Gasteiger partial charge >= 0.3 is 0 Å². The third kappa shape index (κ3) is 5.47. The lowest BCUT2D eigenvalue weighted by molar-refractivity contribution is -0.146. The molecule has 2 atom stereocenters. The first-order valence-corrected chi connectivity index (χ1v) is 11.7. The van der Waals surface area contributed by atoms with E-state index < -0.39 is 6.04 Å². The van der Waals surface area contributed by atoms with Crippen molar-refractivity contribution in [2.45, 2.75) is 37.9 Å². The molecule has 2 unspecified atom stereocenters. The van der Waals surface area contributed by atoms with Gasteiger partial charge < -0.3 is 29.5 Å². The number of amides is 3. The van der Waals surface area contributed by atoms with Gasteiger partial charge in [0.2, 0.25) is 17.7 Å². The molecular weight excluding hydrogens is 424 g/mol. The van der Waals surface area contributed by atoms with Gasteiger partial charge in [-0.05, 0) is 37.0 Å². The van der Waals surface area contributed by atoms with Crippen molar-refractivity contribution >= 4 is 17.7 Å². The molecule has 3 fully saturated rings. The van der Waals surface area contributed by atoms with E-state index in [0.29, 0.717) is 32.6 Å². The summed E-state index contributed by atoms with van der Waals surface area (Å²) < 4.78 is 10.4. The second-order valence-corrected chi connectivity index (χ2v) is 9.05. The number of nitrogens with one attached hydrogen (secondary N) is 1. The zero-order chi connectivity index (χ0) is 23.4. The van der Waals surface area contributed by atoms with Gasteiger partial charge in [-0.3, -0.25) is 14.4 Å². The molecule has 3 aliphatic rings. The molecule has 0 spiro atoms. The lowest BCUT2D eigenvalue weighted by Crippen LogP contribution is -2.53. The third-order valence-corrected chi connectivity index (χ3v) is 6.72. The molecule has 1 N–H and O–H groups in total. The molecule has 1 aliphatic carbocycles. The maximum atomic E-state index is 13.4. The number of nitrogens with zero attached hydrogens (tertiary/aromatic N) is 3. The fourth-order valence-electron chi connectivity index (χ4n) is 4.77. The number of carbonyl (C=O) groups is 3. The normalized spacial score (nSPS) is 22.8. The van der Waals surface area contributed by atoms with E-state index in [1.165, 1.54) is 7.11 Å². The second-order valence-electron chi connectivity index (χ2n) is 9.05. The van der Waals surface area contributed by atoms with Gasteiger partial charge in [0, 0.05) is 52.3 Å². The molecule has 3 amide bonds. The number of hydrogen-bond acceptors (Lipinski definition) is 6. The van der Waals surface area contributed by atoms with Crippen molar-refractivity contribution in [1.29, 1.82) is 0 Å². The fraction of sp³-hybridized carbons (Fsp3) is 0.625. The summed E-state index contributed by atoms with van der Waals surface area (Å²) in [4.78, 5) is 44.9. The maximum absolute atomic E-state index is 13.4. The predicted molar refractivity (Wildman–Crippen MR) is 121 cm³/mol. The lowest BCUT2D eigenvalue weighted by Gasteiger charge is -2.32. The average Bonchev–Trinajstić information content (AvgIpc) is 3.61. The summed E-state index contributed by atoms with van der Waals surface area (Å²) in [6, 6.07) is 6.89. The molecule has 9 heteroatoms. The highest BCUT2D eigenvalue weighted by atomic mass is 16.5. The first kappa shape index (κ1) is 23.5. The SMILES string of the molecule is COCC(=O)N1CC(N(Cc2cccc(OC)c2)C(=O)C2CC2)CC1C(=O)N1CCNCC1. The van der Waals surface area contributed by atoms with Crippen LogP contribution in [0.25, 0.3) is 0 Å². The minimum absolute atomic E-state index is 0.0383. The van der Waals surface area contributed by atoms with Crippen molar-refractivity contribution in [3.05, 3.63) is 29.8 Å². The Morgan fingerprint density at radius 3 is 2.58 bits per heavy atom. The molecule has 9 nitrogen and oxygen atoms in total. The van der Waals surface area contributed by atoms with Crippen LogP contribution in [0, 0.1) is 5.92 Å². The van der Waals surface area contributed by atoms with Crippen molar-refractivity contribution in [2.75, 3.05) is 53.6 Å². The highest BCUT2D eigenvalue weighted by molar-refractivity contribution is 5.89. The van der Waals surface area contributed by atoms with Crippen LogP contribution in [0.5, 0.6) is 5.75 Å². The Bertz CT molecular complexity index is 868. The van der Waals surface area contributed by atoms with Gasteiger partial charge in [0.15, 0.2) is 0 Å². The van der Waals surface area contributed by atoms with Gasteiger partial charge in [0.25, 0.3) is 0 Å². The Balaban J connectivity index is 1.57. The van der Waals surface area contributed by atoms with Crippen LogP contribution in [0.2, 0.25) is 0 Å². The molecular formula is C24H34N4O5. The number of methoxy groups -OCH3 is 2. The number of ether oxygens (including phenoxy) is 2. The molecule has 2 saturated heterocycles. The van der Waals surface area contributed by atoms with Crippen LogP contribution in [0.1, 0.15) is 24.8 Å². The molecule has 0 bridgehead atoms. The Morgan fingerprint density at radius 2 is 1.91 bits per heavy atom. The van der Waals surface area contributed by atoms with Crippen LogP contribution in [0.3, 0.4) is 0 Å². The van der Waals surface area contributed by atoms with E-state index in [4.69, 9.17) is 9.47 Å². The zero-order valence-corrected chi connectivity index (χ0v) is 19.5. The zero-order valence-electron chi connectivity index (χ0n) is 19.5. The van der Waals surface area contributed by atoms with Crippen LogP contribution in [-0.4, -0.2) is 98.1 Å².